The van der Waals surface area contributed by atoms with E-state index in [1.807, 2.05) is 0 Å². The Morgan fingerprint density at radius 3 is 2.26 bits per heavy atom. The van der Waals surface area contributed by atoms with Crippen molar-refractivity contribution in [2.45, 2.75) is 69.1 Å². The minimum atomic E-state index is -1.43. The van der Waals surface area contributed by atoms with Crippen LogP contribution in [0.15, 0.2) is 0 Å². The topological polar surface area (TPSA) is 222 Å². The number of primary amides is 1. The van der Waals surface area contributed by atoms with Gasteiger partial charge >= 0.3 is 11.9 Å². The van der Waals surface area contributed by atoms with E-state index in [-0.39, 0.29) is 25.7 Å². The highest BCUT2D eigenvalue weighted by molar-refractivity contribution is 7.98. The molecule has 14 heteroatoms. The number of aliphatic carboxylic acids is 2. The first-order valence-electron chi connectivity index (χ1n) is 10.9. The number of carbonyl (C=O) groups excluding carboxylic acids is 4. The Morgan fingerprint density at radius 1 is 1.03 bits per heavy atom. The first kappa shape index (κ1) is 29.2. The van der Waals surface area contributed by atoms with Crippen LogP contribution in [0.4, 0.5) is 0 Å². The lowest BCUT2D eigenvalue weighted by molar-refractivity contribution is -0.144. The lowest BCUT2D eigenvalue weighted by Gasteiger charge is -2.28. The van der Waals surface area contributed by atoms with E-state index in [9.17, 15) is 33.9 Å². The average molecular weight is 504 g/mol. The van der Waals surface area contributed by atoms with E-state index < -0.39 is 66.2 Å². The number of thioether (sulfide) groups is 1. The van der Waals surface area contributed by atoms with Crippen molar-refractivity contribution in [3.63, 3.8) is 0 Å². The highest BCUT2D eigenvalue weighted by Crippen LogP contribution is 2.19. The predicted octanol–water partition coefficient (Wildman–Crippen LogP) is -1.76. The third kappa shape index (κ3) is 9.55. The Balaban J connectivity index is 2.87. The number of nitrogens with zero attached hydrogens (tertiary/aromatic N) is 1. The molecule has 0 aromatic carbocycles. The zero-order chi connectivity index (χ0) is 25.8. The summed E-state index contributed by atoms with van der Waals surface area (Å²) in [5, 5.41) is 23.0. The number of nitrogens with two attached hydrogens (primary N) is 2. The third-order valence-electron chi connectivity index (χ3n) is 5.36. The van der Waals surface area contributed by atoms with Gasteiger partial charge in [-0.2, -0.15) is 11.8 Å². The second-order valence-electron chi connectivity index (χ2n) is 7.98. The summed E-state index contributed by atoms with van der Waals surface area (Å²) in [5.41, 5.74) is 11.0. The molecule has 0 saturated carbocycles. The van der Waals surface area contributed by atoms with E-state index in [2.05, 4.69) is 10.6 Å². The summed E-state index contributed by atoms with van der Waals surface area (Å²) in [5.74, 6) is -4.53. The van der Waals surface area contributed by atoms with Gasteiger partial charge in [-0.05, 0) is 44.1 Å². The molecule has 0 bridgehead atoms. The van der Waals surface area contributed by atoms with Crippen LogP contribution in [0.5, 0.6) is 0 Å². The molecule has 0 aromatic heterocycles. The number of carboxylic acids is 2. The molecule has 0 aromatic rings. The zero-order valence-corrected chi connectivity index (χ0v) is 19.8. The quantitative estimate of drug-likeness (QED) is 0.148. The minimum absolute atomic E-state index is 0.0463. The fourth-order valence-electron chi connectivity index (χ4n) is 3.51. The molecule has 4 atom stereocenters. The second-order valence-corrected chi connectivity index (χ2v) is 8.96. The lowest BCUT2D eigenvalue weighted by Crippen LogP contribution is -2.56. The third-order valence-corrected chi connectivity index (χ3v) is 6.01. The Kier molecular flexibility index (Phi) is 12.4. The van der Waals surface area contributed by atoms with E-state index in [1.54, 1.807) is 6.26 Å². The van der Waals surface area contributed by atoms with Crippen LogP contribution < -0.4 is 22.1 Å². The van der Waals surface area contributed by atoms with Crippen LogP contribution in [0.25, 0.3) is 0 Å². The zero-order valence-electron chi connectivity index (χ0n) is 19.0. The first-order valence-corrected chi connectivity index (χ1v) is 12.3. The van der Waals surface area contributed by atoms with Crippen molar-refractivity contribution >= 4 is 47.3 Å². The van der Waals surface area contributed by atoms with Crippen LogP contribution in [0.1, 0.15) is 44.9 Å². The van der Waals surface area contributed by atoms with Crippen molar-refractivity contribution in [2.24, 2.45) is 11.5 Å². The van der Waals surface area contributed by atoms with Crippen LogP contribution in [0.2, 0.25) is 0 Å². The molecule has 1 rings (SSSR count). The summed E-state index contributed by atoms with van der Waals surface area (Å²) < 4.78 is 0. The fraction of sp³-hybridized carbons (Fsp3) is 0.700. The molecule has 192 valence electrons. The summed E-state index contributed by atoms with van der Waals surface area (Å²) >= 11 is 1.42. The summed E-state index contributed by atoms with van der Waals surface area (Å²) in [6.07, 6.45) is 2.11. The molecular weight excluding hydrogens is 470 g/mol. The van der Waals surface area contributed by atoms with Gasteiger partial charge in [0.05, 0.1) is 6.04 Å². The van der Waals surface area contributed by atoms with E-state index >= 15 is 0 Å². The van der Waals surface area contributed by atoms with Gasteiger partial charge in [0, 0.05) is 19.4 Å². The molecule has 1 fully saturated rings. The number of rotatable bonds is 15. The fourth-order valence-corrected chi connectivity index (χ4v) is 3.98. The maximum atomic E-state index is 13.0. The molecule has 1 heterocycles. The van der Waals surface area contributed by atoms with Crippen LogP contribution in [-0.2, 0) is 28.8 Å². The normalized spacial score (nSPS) is 17.9. The highest BCUT2D eigenvalue weighted by atomic mass is 32.2. The van der Waals surface area contributed by atoms with Crippen molar-refractivity contribution in [2.75, 3.05) is 18.6 Å². The van der Waals surface area contributed by atoms with Gasteiger partial charge < -0.3 is 37.2 Å². The van der Waals surface area contributed by atoms with E-state index in [0.717, 1.165) is 0 Å². The van der Waals surface area contributed by atoms with Gasteiger partial charge in [0.1, 0.15) is 18.1 Å². The molecule has 4 amide bonds. The smallest absolute Gasteiger partial charge is 0.326 e. The molecular formula is C20H33N5O8S. The van der Waals surface area contributed by atoms with Crippen molar-refractivity contribution < 1.29 is 39.0 Å². The molecule has 1 aliphatic heterocycles. The lowest BCUT2D eigenvalue weighted by atomic mass is 10.1. The molecule has 0 aliphatic carbocycles. The van der Waals surface area contributed by atoms with Gasteiger partial charge in [-0.3, -0.25) is 24.0 Å². The van der Waals surface area contributed by atoms with Gasteiger partial charge in [0.15, 0.2) is 0 Å². The van der Waals surface area contributed by atoms with Crippen LogP contribution >= 0.6 is 11.8 Å². The molecule has 0 radical (unpaired) electrons. The first-order chi connectivity index (χ1) is 16.0. The Labute approximate surface area is 201 Å². The van der Waals surface area contributed by atoms with E-state index in [1.165, 1.54) is 16.7 Å². The predicted molar refractivity (Wildman–Crippen MR) is 123 cm³/mol. The minimum Gasteiger partial charge on any atom is -0.481 e. The number of carbonyl (C=O) groups is 6. The van der Waals surface area contributed by atoms with Gasteiger partial charge in [0.2, 0.25) is 23.6 Å². The molecule has 13 nitrogen and oxygen atoms in total. The SMILES string of the molecule is CSCCC(NC(=O)C1CCCN1C(=O)C(N)CCC(N)=O)C(=O)NC(CCC(=O)O)C(=O)O. The highest BCUT2D eigenvalue weighted by Gasteiger charge is 2.37. The second kappa shape index (κ2) is 14.4. The van der Waals surface area contributed by atoms with Gasteiger partial charge in [-0.15, -0.1) is 0 Å². The number of hydrogen-bond donors (Lipinski definition) is 6. The number of hydrogen-bond acceptors (Lipinski definition) is 8. The van der Waals surface area contributed by atoms with Crippen LogP contribution in [-0.4, -0.2) is 93.4 Å². The van der Waals surface area contributed by atoms with Gasteiger partial charge in [-0.1, -0.05) is 0 Å². The van der Waals surface area contributed by atoms with E-state index in [4.69, 9.17) is 16.6 Å². The number of carboxylic acid groups (broad SMARTS) is 2. The summed E-state index contributed by atoms with van der Waals surface area (Å²) in [6.45, 7) is 0.291. The summed E-state index contributed by atoms with van der Waals surface area (Å²) in [7, 11) is 0. The molecule has 0 spiro atoms. The monoisotopic (exact) mass is 503 g/mol. The van der Waals surface area contributed by atoms with Crippen LogP contribution in [0.3, 0.4) is 0 Å². The molecule has 4 unspecified atom stereocenters. The maximum absolute atomic E-state index is 13.0. The average Bonchev–Trinajstić information content (AvgIpc) is 3.26. The number of likely N-dealkylation sites (tertiary alicyclic amines) is 1. The van der Waals surface area contributed by atoms with Crippen molar-refractivity contribution in [1.29, 1.82) is 0 Å². The maximum Gasteiger partial charge on any atom is 0.326 e. The van der Waals surface area contributed by atoms with Crippen molar-refractivity contribution in [3.8, 4) is 0 Å². The molecule has 8 N–H and O–H groups in total. The molecule has 1 aliphatic rings. The number of nitrogens with one attached hydrogen (secondary N) is 2. The largest absolute Gasteiger partial charge is 0.481 e. The van der Waals surface area contributed by atoms with Crippen LogP contribution in [0, 0.1) is 0 Å². The summed E-state index contributed by atoms with van der Waals surface area (Å²) in [4.78, 5) is 72.8. The number of amides is 4. The standard InChI is InChI=1S/C20H33N5O8S/c1-34-10-8-12(17(29)24-13(20(32)33)5-7-16(27)28)23-18(30)14-3-2-9-25(14)19(31)11(21)4-6-15(22)26/h11-14H,2-10,21H2,1H3,(H2,22,26)(H,23,30)(H,24,29)(H,27,28)(H,32,33). The van der Waals surface area contributed by atoms with Crippen molar-refractivity contribution in [3.05, 3.63) is 0 Å². The Hall–Kier alpha value is -2.87. The summed E-state index contributed by atoms with van der Waals surface area (Å²) in [6, 6.07) is -4.36. The molecule has 1 saturated heterocycles. The van der Waals surface area contributed by atoms with E-state index in [0.29, 0.717) is 25.1 Å². The van der Waals surface area contributed by atoms with Crippen molar-refractivity contribution in [1.82, 2.24) is 15.5 Å². The van der Waals surface area contributed by atoms with Gasteiger partial charge in [-0.25, -0.2) is 4.79 Å². The van der Waals surface area contributed by atoms with Gasteiger partial charge in [0.25, 0.3) is 0 Å². The molecule has 34 heavy (non-hydrogen) atoms. The Bertz CT molecular complexity index is 780. The Morgan fingerprint density at radius 2 is 1.71 bits per heavy atom.